The molecule has 156 valence electrons. The van der Waals surface area contributed by atoms with Crippen molar-refractivity contribution in [1.29, 1.82) is 0 Å². The van der Waals surface area contributed by atoms with Crippen molar-refractivity contribution in [2.45, 2.75) is 52.6 Å². The lowest BCUT2D eigenvalue weighted by Gasteiger charge is -2.38. The number of carbonyl (C=O) groups excluding carboxylic acids is 3. The first-order valence-corrected chi connectivity index (χ1v) is 10.7. The van der Waals surface area contributed by atoms with Crippen LogP contribution in [0.1, 0.15) is 51.3 Å². The first-order valence-electron chi connectivity index (χ1n) is 9.87. The van der Waals surface area contributed by atoms with Crippen LogP contribution >= 0.6 is 11.3 Å². The van der Waals surface area contributed by atoms with Crippen molar-refractivity contribution < 1.29 is 23.9 Å². The van der Waals surface area contributed by atoms with Gasteiger partial charge in [-0.2, -0.15) is 0 Å². The summed E-state index contributed by atoms with van der Waals surface area (Å²) in [6.45, 7) is 7.49. The third kappa shape index (κ3) is 3.88. The van der Waals surface area contributed by atoms with E-state index in [-0.39, 0.29) is 17.8 Å². The van der Waals surface area contributed by atoms with Crippen LogP contribution in [-0.2, 0) is 23.9 Å². The lowest BCUT2D eigenvalue weighted by molar-refractivity contribution is -0.151. The number of hydrogen-bond acceptors (Lipinski definition) is 7. The number of Topliss-reactive ketones (excluding diaryl/α,β-unsaturated/α-hetero) is 1. The first kappa shape index (κ1) is 21.3. The van der Waals surface area contributed by atoms with E-state index in [1.165, 1.54) is 18.4 Å². The molecule has 2 heterocycles. The van der Waals surface area contributed by atoms with E-state index < -0.39 is 23.8 Å². The van der Waals surface area contributed by atoms with Crippen LogP contribution in [0.25, 0.3) is 0 Å². The minimum Gasteiger partial charge on any atom is -0.468 e. The summed E-state index contributed by atoms with van der Waals surface area (Å²) in [5, 5.41) is 5.18. The lowest BCUT2D eigenvalue weighted by atomic mass is 9.70. The molecule has 1 aliphatic heterocycles. The van der Waals surface area contributed by atoms with Gasteiger partial charge >= 0.3 is 11.9 Å². The molecule has 0 amide bonds. The molecular weight excluding hydrogens is 390 g/mol. The second-order valence-electron chi connectivity index (χ2n) is 7.67. The largest absolute Gasteiger partial charge is 0.468 e. The molecule has 2 aliphatic rings. The van der Waals surface area contributed by atoms with Crippen molar-refractivity contribution >= 4 is 29.1 Å². The quantitative estimate of drug-likeness (QED) is 0.581. The van der Waals surface area contributed by atoms with Crippen molar-refractivity contribution in [1.82, 2.24) is 5.32 Å². The molecule has 0 fully saturated rings. The van der Waals surface area contributed by atoms with Crippen LogP contribution in [0.2, 0.25) is 0 Å². The molecule has 7 heteroatoms. The zero-order chi connectivity index (χ0) is 21.3. The van der Waals surface area contributed by atoms with Gasteiger partial charge in [-0.15, -0.1) is 11.3 Å². The highest BCUT2D eigenvalue weighted by atomic mass is 32.1. The average molecular weight is 418 g/mol. The summed E-state index contributed by atoms with van der Waals surface area (Å²) in [6.07, 6.45) is 1.00. The molecule has 0 saturated carbocycles. The Bertz CT molecular complexity index is 883. The first-order chi connectivity index (χ1) is 13.8. The Hall–Kier alpha value is -2.41. The topological polar surface area (TPSA) is 81.7 Å². The zero-order valence-corrected chi connectivity index (χ0v) is 18.2. The maximum atomic E-state index is 13.5. The van der Waals surface area contributed by atoms with Crippen LogP contribution in [0.5, 0.6) is 0 Å². The number of rotatable bonds is 5. The molecule has 0 unspecified atom stereocenters. The van der Waals surface area contributed by atoms with Gasteiger partial charge in [0, 0.05) is 21.8 Å². The van der Waals surface area contributed by atoms with E-state index in [9.17, 15) is 14.4 Å². The fourth-order valence-electron chi connectivity index (χ4n) is 4.02. The number of carbonyl (C=O) groups is 3. The Morgan fingerprint density at radius 1 is 1.38 bits per heavy atom. The number of ketones is 1. The van der Waals surface area contributed by atoms with Crippen molar-refractivity contribution in [3.05, 3.63) is 44.9 Å². The predicted molar refractivity (Wildman–Crippen MR) is 110 cm³/mol. The Labute approximate surface area is 175 Å². The van der Waals surface area contributed by atoms with Gasteiger partial charge in [0.05, 0.1) is 24.7 Å². The van der Waals surface area contributed by atoms with Gasteiger partial charge in [-0.05, 0) is 44.1 Å². The number of methoxy groups -OCH3 is 1. The highest BCUT2D eigenvalue weighted by Crippen LogP contribution is 2.46. The molecule has 4 atom stereocenters. The molecule has 0 radical (unpaired) electrons. The van der Waals surface area contributed by atoms with Crippen molar-refractivity contribution in [2.24, 2.45) is 11.8 Å². The third-order valence-corrected chi connectivity index (χ3v) is 6.61. The summed E-state index contributed by atoms with van der Waals surface area (Å²) in [5.41, 5.74) is 2.37. The number of esters is 2. The predicted octanol–water partition coefficient (Wildman–Crippen LogP) is 3.70. The number of ether oxygens (including phenoxy) is 2. The van der Waals surface area contributed by atoms with Crippen molar-refractivity contribution in [3.63, 3.8) is 0 Å². The number of hydrogen-bond donors (Lipinski definition) is 1. The smallest absolute Gasteiger partial charge is 0.337 e. The van der Waals surface area contributed by atoms with Gasteiger partial charge in [0.2, 0.25) is 0 Å². The monoisotopic (exact) mass is 417 g/mol. The fourth-order valence-corrected chi connectivity index (χ4v) is 4.86. The van der Waals surface area contributed by atoms with Gasteiger partial charge in [0.25, 0.3) is 0 Å². The molecule has 3 rings (SSSR count). The second kappa shape index (κ2) is 8.53. The van der Waals surface area contributed by atoms with Gasteiger partial charge in [-0.3, -0.25) is 9.59 Å². The van der Waals surface area contributed by atoms with Crippen LogP contribution in [0, 0.1) is 11.8 Å². The van der Waals surface area contributed by atoms with E-state index >= 15 is 0 Å². The van der Waals surface area contributed by atoms with E-state index in [2.05, 4.69) is 5.32 Å². The molecule has 0 aromatic carbocycles. The average Bonchev–Trinajstić information content (AvgIpc) is 3.20. The molecule has 1 aromatic rings. The minimum absolute atomic E-state index is 0.188. The zero-order valence-electron chi connectivity index (χ0n) is 17.4. The van der Waals surface area contributed by atoms with E-state index in [1.54, 1.807) is 0 Å². The Balaban J connectivity index is 2.10. The standard InChI is InChI=1S/C22H27NO5S/c1-6-12(3)28-22(26)17-13(4)23-14-10-11(2)16(21(25)27-5)20(24)18(14)19(17)15-8-7-9-29-15/h7-9,11-12,16,19,23H,6,10H2,1-5H3/t11-,12+,16-,19+/m1/s1. The molecular formula is C22H27NO5S. The van der Waals surface area contributed by atoms with Crippen molar-refractivity contribution in [3.8, 4) is 0 Å². The summed E-state index contributed by atoms with van der Waals surface area (Å²) < 4.78 is 10.5. The maximum absolute atomic E-state index is 13.5. The molecule has 6 nitrogen and oxygen atoms in total. The van der Waals surface area contributed by atoms with E-state index in [1.807, 2.05) is 45.2 Å². The Morgan fingerprint density at radius 3 is 2.69 bits per heavy atom. The molecule has 0 spiro atoms. The van der Waals surface area contributed by atoms with Gasteiger partial charge in [-0.1, -0.05) is 19.9 Å². The van der Waals surface area contributed by atoms with Gasteiger partial charge in [0.15, 0.2) is 5.78 Å². The third-order valence-electron chi connectivity index (χ3n) is 5.67. The molecule has 0 saturated heterocycles. The summed E-state index contributed by atoms with van der Waals surface area (Å²) in [5.74, 6) is -2.85. The molecule has 29 heavy (non-hydrogen) atoms. The second-order valence-corrected chi connectivity index (χ2v) is 8.65. The summed E-state index contributed by atoms with van der Waals surface area (Å²) in [7, 11) is 1.29. The number of nitrogens with one attached hydrogen (secondary N) is 1. The summed E-state index contributed by atoms with van der Waals surface area (Å²) >= 11 is 1.48. The van der Waals surface area contributed by atoms with E-state index in [4.69, 9.17) is 9.47 Å². The molecule has 0 bridgehead atoms. The van der Waals surface area contributed by atoms with Crippen LogP contribution in [0.3, 0.4) is 0 Å². The molecule has 1 aromatic heterocycles. The SMILES string of the molecule is CC[C@H](C)OC(=O)C1=C(C)NC2=C(C(=O)[C@H](C(=O)OC)[C@H](C)C2)[C@H]1c1cccs1. The van der Waals surface area contributed by atoms with Crippen molar-refractivity contribution in [2.75, 3.05) is 7.11 Å². The van der Waals surface area contributed by atoms with Crippen LogP contribution in [0.15, 0.2) is 40.1 Å². The lowest BCUT2D eigenvalue weighted by Crippen LogP contribution is -2.43. The highest BCUT2D eigenvalue weighted by molar-refractivity contribution is 7.10. The molecule has 1 aliphatic carbocycles. The van der Waals surface area contributed by atoms with Crippen LogP contribution in [-0.4, -0.2) is 30.9 Å². The number of allylic oxidation sites excluding steroid dienone is 3. The van der Waals surface area contributed by atoms with Crippen LogP contribution in [0.4, 0.5) is 0 Å². The van der Waals surface area contributed by atoms with E-state index in [0.717, 1.165) is 10.6 Å². The van der Waals surface area contributed by atoms with Crippen LogP contribution < -0.4 is 5.32 Å². The Morgan fingerprint density at radius 2 is 2.10 bits per heavy atom. The highest BCUT2D eigenvalue weighted by Gasteiger charge is 2.47. The Kier molecular flexibility index (Phi) is 6.27. The summed E-state index contributed by atoms with van der Waals surface area (Å²) in [6, 6.07) is 3.80. The minimum atomic E-state index is -0.867. The molecule has 1 N–H and O–H groups in total. The number of thiophene rings is 1. The van der Waals surface area contributed by atoms with E-state index in [0.29, 0.717) is 29.7 Å². The maximum Gasteiger partial charge on any atom is 0.337 e. The van der Waals surface area contributed by atoms with Gasteiger partial charge in [0.1, 0.15) is 5.92 Å². The van der Waals surface area contributed by atoms with Gasteiger partial charge < -0.3 is 14.8 Å². The van der Waals surface area contributed by atoms with Gasteiger partial charge in [-0.25, -0.2) is 4.79 Å². The normalized spacial score (nSPS) is 25.3. The number of dihydropyridines is 1. The fraction of sp³-hybridized carbons (Fsp3) is 0.500. The summed E-state index contributed by atoms with van der Waals surface area (Å²) in [4.78, 5) is 39.7.